The Kier molecular flexibility index (Phi) is 2.94. The van der Waals surface area contributed by atoms with Gasteiger partial charge in [-0.15, -0.1) is 0 Å². The second-order valence-electron chi connectivity index (χ2n) is 3.93. The molecule has 5 heteroatoms. The van der Waals surface area contributed by atoms with Crippen LogP contribution in [0.5, 0.6) is 0 Å². The van der Waals surface area contributed by atoms with Crippen LogP contribution in [0.15, 0.2) is 42.6 Å². The number of rotatable bonds is 2. The van der Waals surface area contributed by atoms with Gasteiger partial charge in [0.15, 0.2) is 5.67 Å². The van der Waals surface area contributed by atoms with E-state index in [1.807, 2.05) is 6.07 Å². The van der Waals surface area contributed by atoms with Gasteiger partial charge in [-0.25, -0.2) is 4.39 Å². The Labute approximate surface area is 103 Å². The highest BCUT2D eigenvalue weighted by atomic mass is 19.1. The van der Waals surface area contributed by atoms with Gasteiger partial charge in [0.05, 0.1) is 23.2 Å². The summed E-state index contributed by atoms with van der Waals surface area (Å²) in [6.07, 6.45) is 7.00. The maximum absolute atomic E-state index is 14.9. The molecule has 2 unspecified atom stereocenters. The Balaban J connectivity index is 2.52. The quantitative estimate of drug-likeness (QED) is 0.851. The topological polar surface area (TPSA) is 79.8 Å². The number of carbonyl (C=O) groups excluding carboxylic acids is 1. The lowest BCUT2D eigenvalue weighted by Gasteiger charge is -2.28. The van der Waals surface area contributed by atoms with Gasteiger partial charge in [0.1, 0.15) is 0 Å². The predicted molar refractivity (Wildman–Crippen MR) is 62.7 cm³/mol. The van der Waals surface area contributed by atoms with Crippen LogP contribution in [0, 0.1) is 17.2 Å². The molecule has 0 fully saturated rings. The van der Waals surface area contributed by atoms with E-state index in [1.54, 1.807) is 6.08 Å². The first-order valence-electron chi connectivity index (χ1n) is 5.29. The molecule has 1 amide bonds. The molecule has 0 saturated carbocycles. The third kappa shape index (κ3) is 1.89. The number of halogens is 1. The van der Waals surface area contributed by atoms with E-state index in [-0.39, 0.29) is 11.3 Å². The van der Waals surface area contributed by atoms with Crippen LogP contribution < -0.4 is 5.73 Å². The largest absolute Gasteiger partial charge is 0.369 e. The number of hydrogen-bond acceptors (Lipinski definition) is 3. The summed E-state index contributed by atoms with van der Waals surface area (Å²) in [5.74, 6) is -1.90. The van der Waals surface area contributed by atoms with Crippen molar-refractivity contribution in [3.05, 3.63) is 53.9 Å². The summed E-state index contributed by atoms with van der Waals surface area (Å²) < 4.78 is 14.9. The lowest BCUT2D eigenvalue weighted by molar-refractivity contribution is -0.123. The number of aromatic nitrogens is 1. The summed E-state index contributed by atoms with van der Waals surface area (Å²) in [6.45, 7) is 0. The Bertz CT molecular complexity index is 588. The van der Waals surface area contributed by atoms with Crippen LogP contribution in [0.2, 0.25) is 0 Å². The highest BCUT2D eigenvalue weighted by molar-refractivity contribution is 5.81. The Morgan fingerprint density at radius 1 is 1.56 bits per heavy atom. The van der Waals surface area contributed by atoms with Gasteiger partial charge in [-0.3, -0.25) is 9.78 Å². The van der Waals surface area contributed by atoms with E-state index in [0.717, 1.165) is 0 Å². The number of nitrogens with zero attached hydrogens (tertiary/aromatic N) is 2. The maximum Gasteiger partial charge on any atom is 0.228 e. The monoisotopic (exact) mass is 243 g/mol. The molecule has 0 aliphatic heterocycles. The molecule has 1 aliphatic carbocycles. The van der Waals surface area contributed by atoms with Crippen LogP contribution in [-0.4, -0.2) is 10.9 Å². The fourth-order valence-electron chi connectivity index (χ4n) is 1.87. The van der Waals surface area contributed by atoms with Crippen molar-refractivity contribution < 1.29 is 9.18 Å². The summed E-state index contributed by atoms with van der Waals surface area (Å²) in [6, 6.07) is 4.69. The molecule has 0 radical (unpaired) electrons. The molecule has 4 nitrogen and oxygen atoms in total. The zero-order valence-corrected chi connectivity index (χ0v) is 9.38. The van der Waals surface area contributed by atoms with E-state index in [0.29, 0.717) is 0 Å². The van der Waals surface area contributed by atoms with Gasteiger partial charge < -0.3 is 5.73 Å². The zero-order valence-electron chi connectivity index (χ0n) is 9.38. The van der Waals surface area contributed by atoms with E-state index in [1.165, 1.54) is 36.6 Å². The average Bonchev–Trinajstić information content (AvgIpc) is 2.39. The summed E-state index contributed by atoms with van der Waals surface area (Å²) in [7, 11) is 0. The molecule has 2 rings (SSSR count). The summed E-state index contributed by atoms with van der Waals surface area (Å²) >= 11 is 0. The second kappa shape index (κ2) is 4.41. The van der Waals surface area contributed by atoms with Crippen LogP contribution in [0.25, 0.3) is 0 Å². The maximum atomic E-state index is 14.9. The molecule has 1 aliphatic rings. The Morgan fingerprint density at radius 2 is 2.33 bits per heavy atom. The molecule has 0 aromatic carbocycles. The normalized spacial score (nSPS) is 25.7. The Morgan fingerprint density at radius 3 is 3.00 bits per heavy atom. The summed E-state index contributed by atoms with van der Waals surface area (Å²) in [5.41, 5.74) is 3.38. The fraction of sp³-hybridized carbons (Fsp3) is 0.154. The molecular formula is C13H10FN3O. The molecule has 0 saturated heterocycles. The van der Waals surface area contributed by atoms with Crippen molar-refractivity contribution in [3.8, 4) is 6.07 Å². The van der Waals surface area contributed by atoms with Gasteiger partial charge in [-0.1, -0.05) is 18.2 Å². The van der Waals surface area contributed by atoms with Crippen LogP contribution in [0.3, 0.4) is 0 Å². The number of allylic oxidation sites excluding steroid dienone is 3. The van der Waals surface area contributed by atoms with E-state index in [4.69, 9.17) is 11.0 Å². The lowest BCUT2D eigenvalue weighted by atomic mass is 9.82. The van der Waals surface area contributed by atoms with Crippen molar-refractivity contribution in [2.75, 3.05) is 0 Å². The van der Waals surface area contributed by atoms with Crippen molar-refractivity contribution in [1.82, 2.24) is 4.98 Å². The van der Waals surface area contributed by atoms with Gasteiger partial charge in [0.25, 0.3) is 0 Å². The van der Waals surface area contributed by atoms with Crippen molar-refractivity contribution in [3.63, 3.8) is 0 Å². The first kappa shape index (κ1) is 12.0. The number of carbonyl (C=O) groups is 1. The van der Waals surface area contributed by atoms with E-state index < -0.39 is 17.5 Å². The van der Waals surface area contributed by atoms with Crippen LogP contribution in [0.4, 0.5) is 4.39 Å². The molecule has 0 spiro atoms. The predicted octanol–water partition coefficient (Wildman–Crippen LogP) is 1.35. The number of hydrogen-bond donors (Lipinski definition) is 1. The van der Waals surface area contributed by atoms with E-state index in [9.17, 15) is 9.18 Å². The summed E-state index contributed by atoms with van der Waals surface area (Å²) in [4.78, 5) is 15.2. The van der Waals surface area contributed by atoms with Crippen LogP contribution in [0.1, 0.15) is 11.3 Å². The minimum atomic E-state index is -2.10. The van der Waals surface area contributed by atoms with Crippen LogP contribution >= 0.6 is 0 Å². The summed E-state index contributed by atoms with van der Waals surface area (Å²) in [5, 5.41) is 8.80. The third-order valence-electron chi connectivity index (χ3n) is 2.79. The van der Waals surface area contributed by atoms with Crippen molar-refractivity contribution in [2.45, 2.75) is 5.67 Å². The second-order valence-corrected chi connectivity index (χ2v) is 3.93. The van der Waals surface area contributed by atoms with E-state index in [2.05, 4.69) is 4.98 Å². The van der Waals surface area contributed by atoms with Gasteiger partial charge >= 0.3 is 0 Å². The minimum Gasteiger partial charge on any atom is -0.369 e. The smallest absolute Gasteiger partial charge is 0.228 e. The molecule has 1 aromatic rings. The molecule has 1 heterocycles. The van der Waals surface area contributed by atoms with Gasteiger partial charge in [0, 0.05) is 6.20 Å². The molecular weight excluding hydrogens is 233 g/mol. The fourth-order valence-corrected chi connectivity index (χ4v) is 1.87. The first-order valence-corrected chi connectivity index (χ1v) is 5.29. The molecule has 0 bridgehead atoms. The highest BCUT2D eigenvalue weighted by Crippen LogP contribution is 2.37. The molecule has 2 N–H and O–H groups in total. The van der Waals surface area contributed by atoms with Gasteiger partial charge in [-0.2, -0.15) is 5.26 Å². The molecule has 18 heavy (non-hydrogen) atoms. The van der Waals surface area contributed by atoms with Crippen molar-refractivity contribution >= 4 is 5.91 Å². The molecule has 2 atom stereocenters. The van der Waals surface area contributed by atoms with Gasteiger partial charge in [-0.05, 0) is 18.2 Å². The van der Waals surface area contributed by atoms with Crippen molar-refractivity contribution in [2.24, 2.45) is 11.7 Å². The standard InChI is InChI=1S/C13H10FN3O/c14-13(5-2-1-3-10(13)12(16)18)11-7-9(8-15)4-6-17-11/h1-7,10H,(H2,16,18). The number of nitriles is 1. The zero-order chi connectivity index (χ0) is 13.2. The van der Waals surface area contributed by atoms with Crippen molar-refractivity contribution in [1.29, 1.82) is 5.26 Å². The SMILES string of the molecule is N#Cc1ccnc(C2(F)C=CC=CC2C(N)=O)c1. The number of amides is 1. The number of primary amides is 1. The number of nitrogens with two attached hydrogens (primary N) is 1. The average molecular weight is 243 g/mol. The minimum absolute atomic E-state index is 0.00551. The third-order valence-corrected chi connectivity index (χ3v) is 2.79. The number of alkyl halides is 1. The Hall–Kier alpha value is -2.48. The highest BCUT2D eigenvalue weighted by Gasteiger charge is 2.43. The number of pyridine rings is 1. The van der Waals surface area contributed by atoms with E-state index >= 15 is 0 Å². The molecule has 1 aromatic heterocycles. The van der Waals surface area contributed by atoms with Gasteiger partial charge in [0.2, 0.25) is 5.91 Å². The first-order chi connectivity index (χ1) is 8.58. The molecule has 90 valence electrons. The lowest BCUT2D eigenvalue weighted by Crippen LogP contribution is -2.39. The van der Waals surface area contributed by atoms with Crippen LogP contribution in [-0.2, 0) is 10.5 Å².